The Morgan fingerprint density at radius 3 is 2.48 bits per heavy atom. The van der Waals surface area contributed by atoms with E-state index in [4.69, 9.17) is 5.11 Å². The predicted octanol–water partition coefficient (Wildman–Crippen LogP) is 2.79. The fourth-order valence-electron chi connectivity index (χ4n) is 1.78. The summed E-state index contributed by atoms with van der Waals surface area (Å²) in [5.41, 5.74) is 1.13. The summed E-state index contributed by atoms with van der Waals surface area (Å²) in [6, 6.07) is 6.98. The van der Waals surface area contributed by atoms with E-state index in [0.29, 0.717) is 11.3 Å². The zero-order chi connectivity index (χ0) is 15.6. The molecule has 2 rings (SSSR count). The molecular formula is C15H13FN2O3. The van der Waals surface area contributed by atoms with Gasteiger partial charge in [0.1, 0.15) is 11.5 Å². The van der Waals surface area contributed by atoms with Crippen LogP contribution in [0.25, 0.3) is 0 Å². The number of carbonyl (C=O) groups excluding carboxylic acids is 1. The lowest BCUT2D eigenvalue weighted by Gasteiger charge is -2.07. The van der Waals surface area contributed by atoms with Crippen LogP contribution in [0.1, 0.15) is 32.1 Å². The maximum absolute atomic E-state index is 13.4. The first kappa shape index (κ1) is 14.6. The van der Waals surface area contributed by atoms with Crippen molar-refractivity contribution in [1.29, 1.82) is 0 Å². The Balaban J connectivity index is 2.22. The van der Waals surface area contributed by atoms with Crippen molar-refractivity contribution in [3.63, 3.8) is 0 Å². The van der Waals surface area contributed by atoms with Gasteiger partial charge in [0.05, 0.1) is 11.3 Å². The van der Waals surface area contributed by atoms with Crippen molar-refractivity contribution in [2.45, 2.75) is 13.8 Å². The number of amides is 1. The van der Waals surface area contributed by atoms with Crippen molar-refractivity contribution in [2.75, 3.05) is 5.32 Å². The van der Waals surface area contributed by atoms with Gasteiger partial charge in [0.2, 0.25) is 0 Å². The minimum Gasteiger partial charge on any atom is -0.478 e. The van der Waals surface area contributed by atoms with E-state index in [1.165, 1.54) is 25.1 Å². The Kier molecular flexibility index (Phi) is 3.98. The molecule has 0 aliphatic carbocycles. The number of benzene rings is 1. The number of aromatic nitrogens is 1. The normalized spacial score (nSPS) is 10.2. The lowest BCUT2D eigenvalue weighted by Crippen LogP contribution is -2.15. The number of pyridine rings is 1. The van der Waals surface area contributed by atoms with E-state index >= 15 is 0 Å². The minimum atomic E-state index is -1.10. The summed E-state index contributed by atoms with van der Waals surface area (Å²) in [5.74, 6) is -2.05. The van der Waals surface area contributed by atoms with Crippen LogP contribution in [0.5, 0.6) is 0 Å². The number of aromatic carboxylic acids is 1. The van der Waals surface area contributed by atoms with Gasteiger partial charge in [-0.2, -0.15) is 0 Å². The van der Waals surface area contributed by atoms with E-state index < -0.39 is 17.7 Å². The van der Waals surface area contributed by atoms with Crippen molar-refractivity contribution in [3.8, 4) is 0 Å². The highest BCUT2D eigenvalue weighted by Crippen LogP contribution is 2.15. The number of nitrogens with one attached hydrogen (secondary N) is 1. The second-order valence-corrected chi connectivity index (χ2v) is 4.55. The van der Waals surface area contributed by atoms with Gasteiger partial charge in [0, 0.05) is 5.69 Å². The van der Waals surface area contributed by atoms with E-state index in [2.05, 4.69) is 10.3 Å². The summed E-state index contributed by atoms with van der Waals surface area (Å²) in [4.78, 5) is 26.8. The molecule has 0 saturated heterocycles. The van der Waals surface area contributed by atoms with Crippen LogP contribution in [0, 0.1) is 19.7 Å². The minimum absolute atomic E-state index is 0.0351. The molecular weight excluding hydrogens is 275 g/mol. The highest BCUT2D eigenvalue weighted by molar-refractivity contribution is 6.03. The molecule has 0 aliphatic heterocycles. The van der Waals surface area contributed by atoms with E-state index in [-0.39, 0.29) is 17.0 Å². The summed E-state index contributed by atoms with van der Waals surface area (Å²) in [6.45, 7) is 3.13. The molecule has 0 bridgehead atoms. The molecule has 2 aromatic rings. The van der Waals surface area contributed by atoms with Crippen molar-refractivity contribution in [2.24, 2.45) is 0 Å². The van der Waals surface area contributed by atoms with Crippen LogP contribution in [0.4, 0.5) is 10.1 Å². The van der Waals surface area contributed by atoms with Crippen molar-refractivity contribution in [1.82, 2.24) is 4.98 Å². The summed E-state index contributed by atoms with van der Waals surface area (Å²) in [6.07, 6.45) is 0. The number of hydrogen-bond donors (Lipinski definition) is 2. The van der Waals surface area contributed by atoms with Crippen molar-refractivity contribution < 1.29 is 19.1 Å². The number of carboxylic acid groups (broad SMARTS) is 1. The second kappa shape index (κ2) is 5.70. The van der Waals surface area contributed by atoms with E-state index in [9.17, 15) is 14.0 Å². The van der Waals surface area contributed by atoms with E-state index in [1.807, 2.05) is 0 Å². The number of carbonyl (C=O) groups is 2. The zero-order valence-corrected chi connectivity index (χ0v) is 11.5. The molecule has 0 radical (unpaired) electrons. The Labute approximate surface area is 120 Å². The Morgan fingerprint density at radius 2 is 1.90 bits per heavy atom. The molecule has 0 saturated carbocycles. The number of nitrogens with zero attached hydrogens (tertiary/aromatic N) is 1. The molecule has 1 aromatic heterocycles. The van der Waals surface area contributed by atoms with E-state index in [0.717, 1.165) is 0 Å². The third-order valence-corrected chi connectivity index (χ3v) is 2.98. The van der Waals surface area contributed by atoms with Gasteiger partial charge < -0.3 is 10.4 Å². The smallest absolute Gasteiger partial charge is 0.337 e. The van der Waals surface area contributed by atoms with Gasteiger partial charge >= 0.3 is 5.97 Å². The fraction of sp³-hybridized carbons (Fsp3) is 0.133. The molecule has 108 valence electrons. The lowest BCUT2D eigenvalue weighted by atomic mass is 10.1. The monoisotopic (exact) mass is 288 g/mol. The fourth-order valence-corrected chi connectivity index (χ4v) is 1.78. The molecule has 0 fully saturated rings. The predicted molar refractivity (Wildman–Crippen MR) is 75.0 cm³/mol. The van der Waals surface area contributed by atoms with Crippen LogP contribution in [0.2, 0.25) is 0 Å². The quantitative estimate of drug-likeness (QED) is 0.910. The molecule has 6 heteroatoms. The summed E-state index contributed by atoms with van der Waals surface area (Å²) >= 11 is 0. The Bertz CT molecular complexity index is 729. The molecule has 2 N–H and O–H groups in total. The first-order chi connectivity index (χ1) is 9.88. The second-order valence-electron chi connectivity index (χ2n) is 4.55. The molecule has 0 aliphatic rings. The Hall–Kier alpha value is -2.76. The van der Waals surface area contributed by atoms with Gasteiger partial charge in [-0.25, -0.2) is 14.2 Å². The van der Waals surface area contributed by atoms with Crippen molar-refractivity contribution >= 4 is 17.6 Å². The number of aryl methyl sites for hydroxylation is 2. The number of halogens is 1. The SMILES string of the molecule is Cc1ccc(NC(=O)c2ccc(C(=O)O)c(C)n2)cc1F. The third kappa shape index (κ3) is 3.22. The maximum Gasteiger partial charge on any atom is 0.337 e. The zero-order valence-electron chi connectivity index (χ0n) is 11.5. The molecule has 0 unspecified atom stereocenters. The van der Waals surface area contributed by atoms with Crippen LogP contribution in [0.3, 0.4) is 0 Å². The maximum atomic E-state index is 13.4. The third-order valence-electron chi connectivity index (χ3n) is 2.98. The largest absolute Gasteiger partial charge is 0.478 e. The van der Waals surface area contributed by atoms with Crippen molar-refractivity contribution in [3.05, 3.63) is 58.7 Å². The molecule has 1 heterocycles. The van der Waals surface area contributed by atoms with E-state index in [1.54, 1.807) is 19.1 Å². The van der Waals surface area contributed by atoms with Gasteiger partial charge in [0.15, 0.2) is 0 Å². The molecule has 21 heavy (non-hydrogen) atoms. The van der Waals surface area contributed by atoms with Crippen LogP contribution < -0.4 is 5.32 Å². The number of anilines is 1. The number of carboxylic acids is 1. The van der Waals surface area contributed by atoms with Crippen LogP contribution in [0.15, 0.2) is 30.3 Å². The average Bonchev–Trinajstić information content (AvgIpc) is 2.42. The number of rotatable bonds is 3. The van der Waals surface area contributed by atoms with Gasteiger partial charge in [0.25, 0.3) is 5.91 Å². The van der Waals surface area contributed by atoms with Gasteiger partial charge in [-0.15, -0.1) is 0 Å². The molecule has 5 nitrogen and oxygen atoms in total. The van der Waals surface area contributed by atoms with Crippen LogP contribution in [-0.2, 0) is 0 Å². The summed E-state index contributed by atoms with van der Waals surface area (Å²) in [5, 5.41) is 11.4. The summed E-state index contributed by atoms with van der Waals surface area (Å²) in [7, 11) is 0. The van der Waals surface area contributed by atoms with Crippen LogP contribution >= 0.6 is 0 Å². The lowest BCUT2D eigenvalue weighted by molar-refractivity contribution is 0.0695. The highest BCUT2D eigenvalue weighted by atomic mass is 19.1. The topological polar surface area (TPSA) is 79.3 Å². The molecule has 0 atom stereocenters. The van der Waals surface area contributed by atoms with Gasteiger partial charge in [-0.05, 0) is 43.7 Å². The first-order valence-electron chi connectivity index (χ1n) is 6.17. The van der Waals surface area contributed by atoms with Crippen LogP contribution in [-0.4, -0.2) is 22.0 Å². The Morgan fingerprint density at radius 1 is 1.19 bits per heavy atom. The average molecular weight is 288 g/mol. The summed E-state index contributed by atoms with van der Waals surface area (Å²) < 4.78 is 13.4. The standard InChI is InChI=1S/C15H13FN2O3/c1-8-3-4-10(7-12(8)16)18-14(19)13-6-5-11(15(20)21)9(2)17-13/h3-7H,1-2H3,(H,18,19)(H,20,21). The number of hydrogen-bond acceptors (Lipinski definition) is 3. The highest BCUT2D eigenvalue weighted by Gasteiger charge is 2.13. The molecule has 1 amide bonds. The first-order valence-corrected chi connectivity index (χ1v) is 6.17. The van der Waals surface area contributed by atoms with Gasteiger partial charge in [-0.3, -0.25) is 4.79 Å². The molecule has 1 aromatic carbocycles. The van der Waals surface area contributed by atoms with Gasteiger partial charge in [-0.1, -0.05) is 6.07 Å². The molecule has 0 spiro atoms.